The largest absolute Gasteiger partial charge is 0.305 e. The van der Waals surface area contributed by atoms with E-state index in [0.717, 1.165) is 12.1 Å². The number of rotatable bonds is 5. The first-order chi connectivity index (χ1) is 10.8. The average Bonchev–Trinajstić information content (AvgIpc) is 2.83. The quantitative estimate of drug-likeness (QED) is 0.850. The van der Waals surface area contributed by atoms with E-state index in [1.807, 2.05) is 36.4 Å². The number of benzene rings is 1. The highest BCUT2D eigenvalue weighted by Crippen LogP contribution is 2.22. The number of nitrogens with zero attached hydrogens (tertiary/aromatic N) is 2. The number of carbonyl (C=O) groups is 2. The summed E-state index contributed by atoms with van der Waals surface area (Å²) in [4.78, 5) is 30.0. The first-order valence-corrected chi connectivity index (χ1v) is 7.31. The van der Waals surface area contributed by atoms with Gasteiger partial charge in [-0.15, -0.1) is 0 Å². The second kappa shape index (κ2) is 6.49. The Hall–Kier alpha value is -2.53. The van der Waals surface area contributed by atoms with Crippen LogP contribution < -0.4 is 10.2 Å². The highest BCUT2D eigenvalue weighted by molar-refractivity contribution is 6.22. The molecule has 0 unspecified atom stereocenters. The molecule has 0 bridgehead atoms. The van der Waals surface area contributed by atoms with Gasteiger partial charge in [0.2, 0.25) is 5.91 Å². The van der Waals surface area contributed by atoms with Gasteiger partial charge in [-0.25, -0.2) is 4.90 Å². The molecule has 112 valence electrons. The van der Waals surface area contributed by atoms with E-state index in [1.54, 1.807) is 18.3 Å². The van der Waals surface area contributed by atoms with Crippen LogP contribution in [0.15, 0.2) is 54.7 Å². The predicted octanol–water partition coefficient (Wildman–Crippen LogP) is 1.55. The number of nitrogens with one attached hydrogen (secondary N) is 1. The summed E-state index contributed by atoms with van der Waals surface area (Å²) in [5.41, 5.74) is 1.60. The Bertz CT molecular complexity index is 658. The summed E-state index contributed by atoms with van der Waals surface area (Å²) >= 11 is 0. The maximum atomic E-state index is 12.4. The SMILES string of the molecule is O=C1C[C@@H](NCCc2ccccn2)C(=O)N1c1ccccc1. The van der Waals surface area contributed by atoms with Crippen LogP contribution in [0.5, 0.6) is 0 Å². The second-order valence-electron chi connectivity index (χ2n) is 5.18. The zero-order valence-corrected chi connectivity index (χ0v) is 12.1. The van der Waals surface area contributed by atoms with Gasteiger partial charge in [-0.05, 0) is 24.3 Å². The van der Waals surface area contributed by atoms with Gasteiger partial charge < -0.3 is 5.32 Å². The standard InChI is InChI=1S/C17H17N3O2/c21-16-12-15(19-11-9-13-6-4-5-10-18-13)17(22)20(16)14-7-2-1-3-8-14/h1-8,10,15,19H,9,11-12H2/t15-/m1/s1. The van der Waals surface area contributed by atoms with Crippen molar-refractivity contribution in [2.45, 2.75) is 18.9 Å². The number of hydrogen-bond acceptors (Lipinski definition) is 4. The van der Waals surface area contributed by atoms with Crippen molar-refractivity contribution in [2.24, 2.45) is 0 Å². The lowest BCUT2D eigenvalue weighted by atomic mass is 10.2. The van der Waals surface area contributed by atoms with Crippen molar-refractivity contribution in [3.63, 3.8) is 0 Å². The smallest absolute Gasteiger partial charge is 0.251 e. The van der Waals surface area contributed by atoms with Crippen LogP contribution >= 0.6 is 0 Å². The maximum absolute atomic E-state index is 12.4. The molecule has 1 aliphatic heterocycles. The molecule has 0 radical (unpaired) electrons. The lowest BCUT2D eigenvalue weighted by Gasteiger charge is -2.15. The van der Waals surface area contributed by atoms with Crippen molar-refractivity contribution < 1.29 is 9.59 Å². The van der Waals surface area contributed by atoms with Gasteiger partial charge in [-0.2, -0.15) is 0 Å². The number of pyridine rings is 1. The van der Waals surface area contributed by atoms with Gasteiger partial charge in [0, 0.05) is 24.9 Å². The monoisotopic (exact) mass is 295 g/mol. The summed E-state index contributed by atoms with van der Waals surface area (Å²) in [6.07, 6.45) is 2.68. The summed E-state index contributed by atoms with van der Waals surface area (Å²) in [5.74, 6) is -0.344. The Labute approximate surface area is 129 Å². The van der Waals surface area contributed by atoms with Crippen molar-refractivity contribution in [3.05, 3.63) is 60.4 Å². The van der Waals surface area contributed by atoms with E-state index in [0.29, 0.717) is 12.2 Å². The average molecular weight is 295 g/mol. The highest BCUT2D eigenvalue weighted by atomic mass is 16.2. The third kappa shape index (κ3) is 3.04. The normalized spacial score (nSPS) is 18.0. The molecular formula is C17H17N3O2. The van der Waals surface area contributed by atoms with Gasteiger partial charge in [-0.1, -0.05) is 24.3 Å². The topological polar surface area (TPSA) is 62.3 Å². The minimum Gasteiger partial charge on any atom is -0.305 e. The number of imide groups is 1. The van der Waals surface area contributed by atoms with E-state index in [-0.39, 0.29) is 18.2 Å². The first-order valence-electron chi connectivity index (χ1n) is 7.31. The van der Waals surface area contributed by atoms with E-state index < -0.39 is 6.04 Å². The van der Waals surface area contributed by atoms with Gasteiger partial charge in [0.1, 0.15) is 0 Å². The van der Waals surface area contributed by atoms with Crippen molar-refractivity contribution >= 4 is 17.5 Å². The lowest BCUT2D eigenvalue weighted by molar-refractivity contribution is -0.121. The molecule has 2 heterocycles. The summed E-state index contributed by atoms with van der Waals surface area (Å²) in [6, 6.07) is 14.3. The second-order valence-corrected chi connectivity index (χ2v) is 5.18. The lowest BCUT2D eigenvalue weighted by Crippen LogP contribution is -2.39. The Kier molecular flexibility index (Phi) is 4.25. The fourth-order valence-electron chi connectivity index (χ4n) is 2.56. The molecule has 0 aliphatic carbocycles. The molecule has 5 heteroatoms. The van der Waals surface area contributed by atoms with Gasteiger partial charge in [-0.3, -0.25) is 14.6 Å². The number of aromatic nitrogens is 1. The number of anilines is 1. The van der Waals surface area contributed by atoms with E-state index in [9.17, 15) is 9.59 Å². The number of carbonyl (C=O) groups excluding carboxylic acids is 2. The molecule has 1 aromatic carbocycles. The molecule has 1 aliphatic rings. The Balaban J connectivity index is 1.60. The number of para-hydroxylation sites is 1. The molecule has 1 saturated heterocycles. The van der Waals surface area contributed by atoms with Crippen molar-refractivity contribution in [2.75, 3.05) is 11.4 Å². The van der Waals surface area contributed by atoms with E-state index in [4.69, 9.17) is 0 Å². The fraction of sp³-hybridized carbons (Fsp3) is 0.235. The molecule has 2 amide bonds. The van der Waals surface area contributed by atoms with Crippen LogP contribution in [0.4, 0.5) is 5.69 Å². The van der Waals surface area contributed by atoms with Crippen LogP contribution in [0.2, 0.25) is 0 Å². The summed E-state index contributed by atoms with van der Waals surface area (Å²) in [7, 11) is 0. The van der Waals surface area contributed by atoms with Crippen molar-refractivity contribution in [1.82, 2.24) is 10.3 Å². The third-order valence-electron chi connectivity index (χ3n) is 3.66. The molecule has 1 atom stereocenters. The summed E-state index contributed by atoms with van der Waals surface area (Å²) in [6.45, 7) is 0.614. The molecule has 2 aromatic rings. The van der Waals surface area contributed by atoms with Crippen LogP contribution in [0, 0.1) is 0 Å². The molecule has 22 heavy (non-hydrogen) atoms. The number of amides is 2. The van der Waals surface area contributed by atoms with Crippen LogP contribution in [-0.4, -0.2) is 29.4 Å². The molecule has 1 N–H and O–H groups in total. The fourth-order valence-corrected chi connectivity index (χ4v) is 2.56. The first kappa shape index (κ1) is 14.4. The number of hydrogen-bond donors (Lipinski definition) is 1. The van der Waals surface area contributed by atoms with Crippen molar-refractivity contribution in [1.29, 1.82) is 0 Å². The molecule has 5 nitrogen and oxygen atoms in total. The van der Waals surface area contributed by atoms with Gasteiger partial charge in [0.15, 0.2) is 0 Å². The maximum Gasteiger partial charge on any atom is 0.251 e. The molecule has 0 saturated carbocycles. The molecular weight excluding hydrogens is 278 g/mol. The van der Waals surface area contributed by atoms with Gasteiger partial charge in [0.25, 0.3) is 5.91 Å². The minimum absolute atomic E-state index is 0.161. The zero-order chi connectivity index (χ0) is 15.4. The Morgan fingerprint density at radius 1 is 1.09 bits per heavy atom. The summed E-state index contributed by atoms with van der Waals surface area (Å²) in [5, 5.41) is 3.16. The molecule has 0 spiro atoms. The molecule has 3 rings (SSSR count). The predicted molar refractivity (Wildman–Crippen MR) is 83.3 cm³/mol. The van der Waals surface area contributed by atoms with Crippen LogP contribution in [0.25, 0.3) is 0 Å². The van der Waals surface area contributed by atoms with E-state index >= 15 is 0 Å². The molecule has 1 aromatic heterocycles. The van der Waals surface area contributed by atoms with E-state index in [1.165, 1.54) is 4.90 Å². The van der Waals surface area contributed by atoms with Crippen LogP contribution in [0.1, 0.15) is 12.1 Å². The summed E-state index contributed by atoms with van der Waals surface area (Å²) < 4.78 is 0. The minimum atomic E-state index is -0.448. The van der Waals surface area contributed by atoms with Crippen molar-refractivity contribution in [3.8, 4) is 0 Å². The zero-order valence-electron chi connectivity index (χ0n) is 12.1. The van der Waals surface area contributed by atoms with Crippen LogP contribution in [0.3, 0.4) is 0 Å². The van der Waals surface area contributed by atoms with Gasteiger partial charge >= 0.3 is 0 Å². The highest BCUT2D eigenvalue weighted by Gasteiger charge is 2.38. The van der Waals surface area contributed by atoms with Crippen LogP contribution in [-0.2, 0) is 16.0 Å². The molecule has 1 fully saturated rings. The Morgan fingerprint density at radius 2 is 1.86 bits per heavy atom. The van der Waals surface area contributed by atoms with E-state index in [2.05, 4.69) is 10.3 Å². The van der Waals surface area contributed by atoms with Gasteiger partial charge in [0.05, 0.1) is 18.2 Å². The Morgan fingerprint density at radius 3 is 2.59 bits per heavy atom. The third-order valence-corrected chi connectivity index (χ3v) is 3.66.